The second-order valence-corrected chi connectivity index (χ2v) is 4.87. The van der Waals surface area contributed by atoms with E-state index in [1.165, 1.54) is 0 Å². The number of H-pyrrole nitrogens is 1. The Hall–Kier alpha value is -1.97. The number of fused-ring (bicyclic) bond motifs is 1. The number of rotatable bonds is 6. The van der Waals surface area contributed by atoms with E-state index < -0.39 is 0 Å². The van der Waals surface area contributed by atoms with E-state index in [9.17, 15) is 4.79 Å². The Kier molecular flexibility index (Phi) is 4.66. The minimum Gasteiger partial charge on any atom is -0.497 e. The molecule has 108 valence electrons. The van der Waals surface area contributed by atoms with Crippen molar-refractivity contribution in [2.75, 3.05) is 20.2 Å². The highest BCUT2D eigenvalue weighted by molar-refractivity contribution is 5.98. The van der Waals surface area contributed by atoms with E-state index in [2.05, 4.69) is 11.9 Å². The largest absolute Gasteiger partial charge is 0.497 e. The van der Waals surface area contributed by atoms with Gasteiger partial charge in [-0.1, -0.05) is 13.3 Å². The first-order valence-electron chi connectivity index (χ1n) is 7.15. The zero-order valence-corrected chi connectivity index (χ0v) is 12.4. The number of hydrogen-bond acceptors (Lipinski definition) is 2. The zero-order chi connectivity index (χ0) is 14.5. The molecule has 0 aliphatic carbocycles. The van der Waals surface area contributed by atoms with Crippen LogP contribution in [0.25, 0.3) is 10.9 Å². The van der Waals surface area contributed by atoms with Crippen molar-refractivity contribution in [3.05, 3.63) is 30.0 Å². The van der Waals surface area contributed by atoms with Crippen molar-refractivity contribution in [2.24, 2.45) is 0 Å². The van der Waals surface area contributed by atoms with E-state index in [-0.39, 0.29) is 5.91 Å². The highest BCUT2D eigenvalue weighted by Crippen LogP contribution is 2.22. The highest BCUT2D eigenvalue weighted by Gasteiger charge is 2.16. The molecule has 0 bridgehead atoms. The minimum atomic E-state index is 0.0658. The molecule has 2 aromatic rings. The molecule has 0 saturated carbocycles. The molecule has 0 unspecified atom stereocenters. The van der Waals surface area contributed by atoms with Gasteiger partial charge in [-0.25, -0.2) is 0 Å². The summed E-state index contributed by atoms with van der Waals surface area (Å²) in [5, 5.41) is 1.03. The molecule has 1 heterocycles. The van der Waals surface area contributed by atoms with Crippen LogP contribution >= 0.6 is 0 Å². The number of carbonyl (C=O) groups is 1. The van der Waals surface area contributed by atoms with Crippen LogP contribution in [0.4, 0.5) is 0 Å². The molecule has 1 aromatic heterocycles. The predicted octanol–water partition coefficient (Wildman–Crippen LogP) is 3.44. The number of benzene rings is 1. The van der Waals surface area contributed by atoms with E-state index in [1.54, 1.807) is 7.11 Å². The number of carbonyl (C=O) groups excluding carboxylic acids is 1. The fourth-order valence-electron chi connectivity index (χ4n) is 2.27. The maximum atomic E-state index is 12.5. The van der Waals surface area contributed by atoms with E-state index >= 15 is 0 Å². The van der Waals surface area contributed by atoms with Crippen LogP contribution in [0.5, 0.6) is 5.75 Å². The molecule has 4 heteroatoms. The maximum Gasteiger partial charge on any atom is 0.270 e. The Morgan fingerprint density at radius 3 is 2.75 bits per heavy atom. The Morgan fingerprint density at radius 2 is 2.10 bits per heavy atom. The quantitative estimate of drug-likeness (QED) is 0.877. The van der Waals surface area contributed by atoms with Crippen molar-refractivity contribution < 1.29 is 9.53 Å². The van der Waals surface area contributed by atoms with Gasteiger partial charge in [-0.05, 0) is 31.5 Å². The third-order valence-electron chi connectivity index (χ3n) is 3.51. The standard InChI is InChI=1S/C16H22N2O2/c1-4-6-9-18(5-2)16(19)15-10-12-7-8-13(20-3)11-14(12)17-15/h7-8,10-11,17H,4-6,9H2,1-3H3. The van der Waals surface area contributed by atoms with Crippen LogP contribution in [0.1, 0.15) is 37.2 Å². The van der Waals surface area contributed by atoms with Gasteiger partial charge >= 0.3 is 0 Å². The number of methoxy groups -OCH3 is 1. The number of hydrogen-bond donors (Lipinski definition) is 1. The number of aromatic nitrogens is 1. The Bertz CT molecular complexity index is 589. The second kappa shape index (κ2) is 6.46. The molecule has 1 N–H and O–H groups in total. The maximum absolute atomic E-state index is 12.5. The van der Waals surface area contributed by atoms with Crippen molar-refractivity contribution >= 4 is 16.8 Å². The molecular formula is C16H22N2O2. The third-order valence-corrected chi connectivity index (χ3v) is 3.51. The van der Waals surface area contributed by atoms with Crippen molar-refractivity contribution in [2.45, 2.75) is 26.7 Å². The summed E-state index contributed by atoms with van der Waals surface area (Å²) < 4.78 is 5.20. The monoisotopic (exact) mass is 274 g/mol. The van der Waals surface area contributed by atoms with Gasteiger partial charge in [0.1, 0.15) is 11.4 Å². The molecular weight excluding hydrogens is 252 g/mol. The normalized spacial score (nSPS) is 10.8. The number of amides is 1. The van der Waals surface area contributed by atoms with Gasteiger partial charge in [-0.3, -0.25) is 4.79 Å². The van der Waals surface area contributed by atoms with Gasteiger partial charge in [0, 0.05) is 30.1 Å². The van der Waals surface area contributed by atoms with Crippen molar-refractivity contribution in [1.29, 1.82) is 0 Å². The van der Waals surface area contributed by atoms with E-state index in [0.717, 1.165) is 42.6 Å². The van der Waals surface area contributed by atoms with Gasteiger partial charge in [0.15, 0.2) is 0 Å². The summed E-state index contributed by atoms with van der Waals surface area (Å²) >= 11 is 0. The fraction of sp³-hybridized carbons (Fsp3) is 0.438. The summed E-state index contributed by atoms with van der Waals surface area (Å²) in [7, 11) is 1.64. The van der Waals surface area contributed by atoms with Crippen LogP contribution in [0, 0.1) is 0 Å². The summed E-state index contributed by atoms with van der Waals surface area (Å²) in [4.78, 5) is 17.5. The average molecular weight is 274 g/mol. The molecule has 0 aliphatic rings. The molecule has 1 amide bonds. The molecule has 0 spiro atoms. The molecule has 0 atom stereocenters. The number of aromatic amines is 1. The lowest BCUT2D eigenvalue weighted by atomic mass is 10.2. The van der Waals surface area contributed by atoms with Gasteiger partial charge in [0.05, 0.1) is 7.11 Å². The lowest BCUT2D eigenvalue weighted by molar-refractivity contribution is 0.0757. The molecule has 1 aromatic carbocycles. The van der Waals surface area contributed by atoms with E-state index in [1.807, 2.05) is 36.1 Å². The first-order valence-corrected chi connectivity index (χ1v) is 7.15. The number of unbranched alkanes of at least 4 members (excludes halogenated alkanes) is 1. The minimum absolute atomic E-state index is 0.0658. The van der Waals surface area contributed by atoms with Gasteiger partial charge in [0.2, 0.25) is 0 Å². The van der Waals surface area contributed by atoms with Gasteiger partial charge in [-0.15, -0.1) is 0 Å². The van der Waals surface area contributed by atoms with Gasteiger partial charge in [-0.2, -0.15) is 0 Å². The Morgan fingerprint density at radius 1 is 1.30 bits per heavy atom. The molecule has 0 radical (unpaired) electrons. The van der Waals surface area contributed by atoms with Gasteiger partial charge in [0.25, 0.3) is 5.91 Å². The summed E-state index contributed by atoms with van der Waals surface area (Å²) in [5.41, 5.74) is 1.57. The fourth-order valence-corrected chi connectivity index (χ4v) is 2.27. The summed E-state index contributed by atoms with van der Waals surface area (Å²) in [5.74, 6) is 0.854. The van der Waals surface area contributed by atoms with Crippen LogP contribution in [0.2, 0.25) is 0 Å². The average Bonchev–Trinajstić information content (AvgIpc) is 2.90. The Labute approximate surface area is 119 Å². The zero-order valence-electron chi connectivity index (χ0n) is 12.4. The first kappa shape index (κ1) is 14.4. The highest BCUT2D eigenvalue weighted by atomic mass is 16.5. The number of nitrogens with zero attached hydrogens (tertiary/aromatic N) is 1. The summed E-state index contributed by atoms with van der Waals surface area (Å²) in [6, 6.07) is 7.68. The number of nitrogens with one attached hydrogen (secondary N) is 1. The van der Waals surface area contributed by atoms with Crippen LogP contribution in [-0.4, -0.2) is 36.0 Å². The van der Waals surface area contributed by atoms with Crippen LogP contribution in [0.15, 0.2) is 24.3 Å². The lowest BCUT2D eigenvalue weighted by Crippen LogP contribution is -2.31. The molecule has 4 nitrogen and oxygen atoms in total. The molecule has 0 aliphatic heterocycles. The van der Waals surface area contributed by atoms with Crippen LogP contribution < -0.4 is 4.74 Å². The summed E-state index contributed by atoms with van der Waals surface area (Å²) in [6.45, 7) is 5.69. The number of ether oxygens (including phenoxy) is 1. The SMILES string of the molecule is CCCCN(CC)C(=O)c1cc2ccc(OC)cc2[nH]1. The predicted molar refractivity (Wildman–Crippen MR) is 81.3 cm³/mol. The van der Waals surface area contributed by atoms with Crippen molar-refractivity contribution in [3.8, 4) is 5.75 Å². The van der Waals surface area contributed by atoms with Crippen molar-refractivity contribution in [1.82, 2.24) is 9.88 Å². The van der Waals surface area contributed by atoms with Crippen molar-refractivity contribution in [3.63, 3.8) is 0 Å². The third kappa shape index (κ3) is 2.95. The molecule has 20 heavy (non-hydrogen) atoms. The Balaban J connectivity index is 2.25. The lowest BCUT2D eigenvalue weighted by Gasteiger charge is -2.19. The smallest absolute Gasteiger partial charge is 0.270 e. The van der Waals surface area contributed by atoms with Crippen LogP contribution in [-0.2, 0) is 0 Å². The van der Waals surface area contributed by atoms with E-state index in [4.69, 9.17) is 4.74 Å². The van der Waals surface area contributed by atoms with Crippen LogP contribution in [0.3, 0.4) is 0 Å². The summed E-state index contributed by atoms with van der Waals surface area (Å²) in [6.07, 6.45) is 2.13. The topological polar surface area (TPSA) is 45.3 Å². The molecule has 0 fully saturated rings. The second-order valence-electron chi connectivity index (χ2n) is 4.87. The molecule has 2 rings (SSSR count). The van der Waals surface area contributed by atoms with E-state index in [0.29, 0.717) is 5.69 Å². The molecule has 0 saturated heterocycles. The first-order chi connectivity index (χ1) is 9.69. The van der Waals surface area contributed by atoms with Gasteiger partial charge < -0.3 is 14.6 Å².